The summed E-state index contributed by atoms with van der Waals surface area (Å²) in [6, 6.07) is 8.39. The fourth-order valence-electron chi connectivity index (χ4n) is 1.28. The summed E-state index contributed by atoms with van der Waals surface area (Å²) < 4.78 is 58.3. The summed E-state index contributed by atoms with van der Waals surface area (Å²) >= 11 is 0. The molecule has 7 heteroatoms. The van der Waals surface area contributed by atoms with Crippen LogP contribution in [-0.4, -0.2) is 32.2 Å². The Kier molecular flexibility index (Phi) is 6.25. The zero-order valence-electron chi connectivity index (χ0n) is 10.5. The minimum Gasteiger partial charge on any atom is -0.493 e. The molecule has 110 valence electrons. The third-order valence-corrected chi connectivity index (χ3v) is 2.28. The van der Waals surface area contributed by atoms with Crippen LogP contribution in [0.15, 0.2) is 24.3 Å². The highest BCUT2D eigenvalue weighted by molar-refractivity contribution is 5.36. The van der Waals surface area contributed by atoms with E-state index in [2.05, 4.69) is 4.74 Å². The highest BCUT2D eigenvalue weighted by Crippen LogP contribution is 2.22. The van der Waals surface area contributed by atoms with Crippen LogP contribution in [0.5, 0.6) is 5.75 Å². The summed E-state index contributed by atoms with van der Waals surface area (Å²) in [5.41, 5.74) is 0.440. The van der Waals surface area contributed by atoms with Gasteiger partial charge >= 0.3 is 12.3 Å². The number of halogens is 4. The summed E-state index contributed by atoms with van der Waals surface area (Å²) in [6.45, 7) is -1.25. The highest BCUT2D eigenvalue weighted by atomic mass is 19.3. The Morgan fingerprint density at radius 3 is 2.65 bits per heavy atom. The average Bonchev–Trinajstić information content (AvgIpc) is 2.42. The van der Waals surface area contributed by atoms with Crippen LogP contribution in [-0.2, 0) is 4.74 Å². The molecule has 0 radical (unpaired) electrons. The number of nitrogens with zero attached hydrogens (tertiary/aromatic N) is 1. The Morgan fingerprint density at radius 2 is 2.00 bits per heavy atom. The highest BCUT2D eigenvalue weighted by Gasteiger charge is 2.40. The van der Waals surface area contributed by atoms with Crippen molar-refractivity contribution < 1.29 is 27.0 Å². The van der Waals surface area contributed by atoms with Gasteiger partial charge in [-0.15, -0.1) is 0 Å². The van der Waals surface area contributed by atoms with Crippen LogP contribution in [0.2, 0.25) is 0 Å². The molecule has 1 aromatic carbocycles. The minimum absolute atomic E-state index is 0.111. The van der Waals surface area contributed by atoms with E-state index in [0.717, 1.165) is 0 Å². The third-order valence-electron chi connectivity index (χ3n) is 2.28. The first kappa shape index (κ1) is 16.2. The quantitative estimate of drug-likeness (QED) is 0.545. The number of alkyl halides is 4. The van der Waals surface area contributed by atoms with Crippen LogP contribution >= 0.6 is 0 Å². The van der Waals surface area contributed by atoms with Crippen molar-refractivity contribution in [2.75, 3.05) is 19.8 Å². The molecule has 1 aromatic rings. The lowest BCUT2D eigenvalue weighted by Gasteiger charge is -2.15. The summed E-state index contributed by atoms with van der Waals surface area (Å²) in [5, 5.41) is 8.67. The monoisotopic (exact) mass is 291 g/mol. The molecule has 0 saturated carbocycles. The van der Waals surface area contributed by atoms with Gasteiger partial charge in [0.05, 0.1) is 24.8 Å². The molecular formula is C13H13F4NO2. The average molecular weight is 291 g/mol. The van der Waals surface area contributed by atoms with E-state index in [1.165, 1.54) is 6.07 Å². The predicted molar refractivity (Wildman–Crippen MR) is 63.0 cm³/mol. The first-order valence-electron chi connectivity index (χ1n) is 5.82. The normalized spacial score (nSPS) is 11.4. The van der Waals surface area contributed by atoms with E-state index in [1.807, 2.05) is 6.07 Å². The Bertz CT molecular complexity index is 460. The second-order valence-corrected chi connectivity index (χ2v) is 3.96. The Balaban J connectivity index is 2.18. The summed E-state index contributed by atoms with van der Waals surface area (Å²) in [6.07, 6.45) is -3.46. The van der Waals surface area contributed by atoms with Crippen molar-refractivity contribution in [3.63, 3.8) is 0 Å². The van der Waals surface area contributed by atoms with Crippen molar-refractivity contribution in [2.24, 2.45) is 0 Å². The van der Waals surface area contributed by atoms with Gasteiger partial charge in [-0.3, -0.25) is 0 Å². The molecule has 0 bridgehead atoms. The molecule has 0 atom stereocenters. The van der Waals surface area contributed by atoms with E-state index in [4.69, 9.17) is 10.00 Å². The van der Waals surface area contributed by atoms with Crippen molar-refractivity contribution in [1.82, 2.24) is 0 Å². The van der Waals surface area contributed by atoms with Crippen LogP contribution in [0.25, 0.3) is 0 Å². The van der Waals surface area contributed by atoms with Gasteiger partial charge in [0.2, 0.25) is 0 Å². The maximum atomic E-state index is 12.5. The number of benzene rings is 1. The molecule has 0 aromatic heterocycles. The molecule has 3 nitrogen and oxygen atoms in total. The van der Waals surface area contributed by atoms with Crippen molar-refractivity contribution in [3.8, 4) is 11.8 Å². The largest absolute Gasteiger partial charge is 0.493 e. The standard InChI is InChI=1S/C13H13F4NO2/c14-12(15)13(16,17)9-19-5-2-6-20-11-4-1-3-10(7-11)8-18/h1,3-4,7,12H,2,5-6,9H2. The predicted octanol–water partition coefficient (Wildman–Crippen LogP) is 3.24. The van der Waals surface area contributed by atoms with E-state index >= 15 is 0 Å². The van der Waals surface area contributed by atoms with Gasteiger partial charge in [0.1, 0.15) is 12.4 Å². The lowest BCUT2D eigenvalue weighted by molar-refractivity contribution is -0.166. The number of hydrogen-bond donors (Lipinski definition) is 0. The van der Waals surface area contributed by atoms with Gasteiger partial charge in [-0.2, -0.15) is 14.0 Å². The van der Waals surface area contributed by atoms with Gasteiger partial charge in [0.15, 0.2) is 0 Å². The number of ether oxygens (including phenoxy) is 2. The number of hydrogen-bond acceptors (Lipinski definition) is 3. The molecule has 0 N–H and O–H groups in total. The molecule has 1 rings (SSSR count). The number of rotatable bonds is 8. The molecule has 0 saturated heterocycles. The van der Waals surface area contributed by atoms with E-state index in [-0.39, 0.29) is 19.6 Å². The van der Waals surface area contributed by atoms with E-state index in [9.17, 15) is 17.6 Å². The SMILES string of the molecule is N#Cc1cccc(OCCCOCC(F)(F)C(F)F)c1. The van der Waals surface area contributed by atoms with Crippen molar-refractivity contribution in [2.45, 2.75) is 18.8 Å². The number of nitriles is 1. The van der Waals surface area contributed by atoms with Gasteiger partial charge in [-0.05, 0) is 18.2 Å². The van der Waals surface area contributed by atoms with Crippen LogP contribution in [0, 0.1) is 11.3 Å². The zero-order chi connectivity index (χ0) is 15.0. The maximum absolute atomic E-state index is 12.5. The Morgan fingerprint density at radius 1 is 1.25 bits per heavy atom. The molecule has 0 aliphatic heterocycles. The lowest BCUT2D eigenvalue weighted by atomic mass is 10.2. The van der Waals surface area contributed by atoms with Crippen molar-refractivity contribution >= 4 is 0 Å². The summed E-state index contributed by atoms with van der Waals surface area (Å²) in [5.74, 6) is -3.65. The fraction of sp³-hybridized carbons (Fsp3) is 0.462. The molecule has 0 aliphatic rings. The summed E-state index contributed by atoms with van der Waals surface area (Å²) in [4.78, 5) is 0. The molecule has 0 aliphatic carbocycles. The minimum atomic E-state index is -4.12. The van der Waals surface area contributed by atoms with Crippen LogP contribution < -0.4 is 4.74 Å². The van der Waals surface area contributed by atoms with Gasteiger partial charge in [0.25, 0.3) is 0 Å². The molecular weight excluding hydrogens is 278 g/mol. The molecule has 0 fully saturated rings. The molecule has 0 unspecified atom stereocenters. The van der Waals surface area contributed by atoms with E-state index in [0.29, 0.717) is 11.3 Å². The topological polar surface area (TPSA) is 42.2 Å². The zero-order valence-corrected chi connectivity index (χ0v) is 10.5. The second kappa shape index (κ2) is 7.70. The van der Waals surface area contributed by atoms with Gasteiger partial charge in [0, 0.05) is 6.42 Å². The van der Waals surface area contributed by atoms with Gasteiger partial charge < -0.3 is 9.47 Å². The first-order valence-corrected chi connectivity index (χ1v) is 5.82. The molecule has 0 heterocycles. The fourth-order valence-corrected chi connectivity index (χ4v) is 1.28. The second-order valence-electron chi connectivity index (χ2n) is 3.96. The maximum Gasteiger partial charge on any atom is 0.330 e. The van der Waals surface area contributed by atoms with Crippen LogP contribution in [0.4, 0.5) is 17.6 Å². The van der Waals surface area contributed by atoms with Crippen LogP contribution in [0.1, 0.15) is 12.0 Å². The summed E-state index contributed by atoms with van der Waals surface area (Å²) in [7, 11) is 0. The van der Waals surface area contributed by atoms with E-state index < -0.39 is 19.0 Å². The molecule has 20 heavy (non-hydrogen) atoms. The lowest BCUT2D eigenvalue weighted by Crippen LogP contribution is -2.32. The van der Waals surface area contributed by atoms with Crippen molar-refractivity contribution in [3.05, 3.63) is 29.8 Å². The van der Waals surface area contributed by atoms with Gasteiger partial charge in [-0.1, -0.05) is 6.07 Å². The Labute approximate surface area is 113 Å². The van der Waals surface area contributed by atoms with Crippen LogP contribution in [0.3, 0.4) is 0 Å². The molecule has 0 amide bonds. The van der Waals surface area contributed by atoms with E-state index in [1.54, 1.807) is 18.2 Å². The first-order chi connectivity index (χ1) is 9.45. The smallest absolute Gasteiger partial charge is 0.330 e. The van der Waals surface area contributed by atoms with Crippen molar-refractivity contribution in [1.29, 1.82) is 5.26 Å². The molecule has 0 spiro atoms. The van der Waals surface area contributed by atoms with Gasteiger partial charge in [-0.25, -0.2) is 8.78 Å². The Hall–Kier alpha value is -1.81. The third kappa shape index (κ3) is 5.45.